The lowest BCUT2D eigenvalue weighted by molar-refractivity contribution is -0.137. The summed E-state index contributed by atoms with van der Waals surface area (Å²) < 4.78 is 43.0. The molecule has 0 bridgehead atoms. The Kier molecular flexibility index (Phi) is 5.57. The summed E-state index contributed by atoms with van der Waals surface area (Å²) in [5.41, 5.74) is -0.509. The summed E-state index contributed by atoms with van der Waals surface area (Å²) in [6.45, 7) is 0.0911. The number of anilines is 2. The minimum absolute atomic E-state index is 0.0783. The second-order valence-corrected chi connectivity index (χ2v) is 7.97. The quantitative estimate of drug-likeness (QED) is 0.576. The van der Waals surface area contributed by atoms with E-state index in [1.54, 1.807) is 30.3 Å². The number of carbonyl (C=O) groups excluding carboxylic acids is 2. The highest BCUT2D eigenvalue weighted by Crippen LogP contribution is 2.37. The Balaban J connectivity index is 1.55. The van der Waals surface area contributed by atoms with Crippen LogP contribution < -0.4 is 10.2 Å². The number of hydrogen-bond donors (Lipinski definition) is 1. The molecule has 1 aliphatic heterocycles. The maximum atomic E-state index is 13.6. The third-order valence-corrected chi connectivity index (χ3v) is 5.44. The number of nitrogens with zero attached hydrogens (tertiary/aromatic N) is 3. The molecule has 4 rings (SSSR count). The van der Waals surface area contributed by atoms with Gasteiger partial charge in [-0.05, 0) is 42.5 Å². The van der Waals surface area contributed by atoms with E-state index in [0.717, 1.165) is 10.5 Å². The molecule has 2 amide bonds. The van der Waals surface area contributed by atoms with Crippen molar-refractivity contribution in [3.8, 4) is 5.69 Å². The SMILES string of the molecule is O=C(Nc1ccc(-n2cccn2)cc1C(F)(F)F)C1CC(=O)N(c2cccc(Br)c2)C1. The predicted octanol–water partition coefficient (Wildman–Crippen LogP) is 4.65. The number of aromatic nitrogens is 2. The van der Waals surface area contributed by atoms with E-state index in [-0.39, 0.29) is 30.2 Å². The summed E-state index contributed by atoms with van der Waals surface area (Å²) in [6.07, 6.45) is -1.78. The first-order chi connectivity index (χ1) is 14.7. The van der Waals surface area contributed by atoms with Crippen LogP contribution in [0.15, 0.2) is 65.4 Å². The van der Waals surface area contributed by atoms with E-state index in [4.69, 9.17) is 0 Å². The molecule has 0 radical (unpaired) electrons. The van der Waals surface area contributed by atoms with Crippen LogP contribution in [0.25, 0.3) is 5.69 Å². The molecule has 0 aliphatic carbocycles. The molecular formula is C21H16BrF3N4O2. The van der Waals surface area contributed by atoms with Gasteiger partial charge in [0.25, 0.3) is 0 Å². The zero-order valence-electron chi connectivity index (χ0n) is 15.9. The molecule has 2 heterocycles. The molecule has 1 atom stereocenters. The van der Waals surface area contributed by atoms with Crippen LogP contribution in [-0.4, -0.2) is 28.1 Å². The van der Waals surface area contributed by atoms with Gasteiger partial charge in [0.15, 0.2) is 0 Å². The minimum Gasteiger partial charge on any atom is -0.325 e. The highest BCUT2D eigenvalue weighted by atomic mass is 79.9. The van der Waals surface area contributed by atoms with Crippen molar-refractivity contribution < 1.29 is 22.8 Å². The molecule has 6 nitrogen and oxygen atoms in total. The molecule has 3 aromatic rings. The highest BCUT2D eigenvalue weighted by Gasteiger charge is 2.38. The van der Waals surface area contributed by atoms with Crippen molar-refractivity contribution in [2.45, 2.75) is 12.6 Å². The average molecular weight is 493 g/mol. The number of amides is 2. The standard InChI is InChI=1S/C21H16BrF3N4O2/c22-14-3-1-4-15(10-14)28-12-13(9-19(28)30)20(31)27-18-6-5-16(29-8-2-7-26-29)11-17(18)21(23,24)25/h1-8,10-11,13H,9,12H2,(H,27,31). The Morgan fingerprint density at radius 1 is 1.13 bits per heavy atom. The van der Waals surface area contributed by atoms with Crippen LogP contribution in [0.5, 0.6) is 0 Å². The average Bonchev–Trinajstić information content (AvgIpc) is 3.37. The van der Waals surface area contributed by atoms with Crippen molar-refractivity contribution in [3.63, 3.8) is 0 Å². The minimum atomic E-state index is -4.68. The number of alkyl halides is 3. The van der Waals surface area contributed by atoms with Gasteiger partial charge >= 0.3 is 6.18 Å². The molecule has 0 saturated carbocycles. The van der Waals surface area contributed by atoms with Gasteiger partial charge < -0.3 is 10.2 Å². The van der Waals surface area contributed by atoms with Crippen molar-refractivity contribution in [1.82, 2.24) is 9.78 Å². The van der Waals surface area contributed by atoms with Gasteiger partial charge in [-0.2, -0.15) is 18.3 Å². The smallest absolute Gasteiger partial charge is 0.325 e. The van der Waals surface area contributed by atoms with Crippen LogP contribution >= 0.6 is 15.9 Å². The highest BCUT2D eigenvalue weighted by molar-refractivity contribution is 9.10. The maximum Gasteiger partial charge on any atom is 0.418 e. The zero-order valence-corrected chi connectivity index (χ0v) is 17.5. The van der Waals surface area contributed by atoms with Crippen molar-refractivity contribution in [3.05, 3.63) is 71.0 Å². The summed E-state index contributed by atoms with van der Waals surface area (Å²) in [5, 5.41) is 6.29. The fraction of sp³-hybridized carbons (Fsp3) is 0.190. The molecule has 31 heavy (non-hydrogen) atoms. The Labute approximate surface area is 183 Å². The van der Waals surface area contributed by atoms with Gasteiger partial charge in [0.05, 0.1) is 22.9 Å². The van der Waals surface area contributed by atoms with Gasteiger partial charge in [-0.1, -0.05) is 22.0 Å². The van der Waals surface area contributed by atoms with E-state index >= 15 is 0 Å². The van der Waals surface area contributed by atoms with Crippen LogP contribution in [0, 0.1) is 5.92 Å². The number of nitrogens with one attached hydrogen (secondary N) is 1. The van der Waals surface area contributed by atoms with E-state index in [1.165, 1.54) is 34.1 Å². The maximum absolute atomic E-state index is 13.6. The second-order valence-electron chi connectivity index (χ2n) is 7.05. The van der Waals surface area contributed by atoms with Crippen LogP contribution in [0.1, 0.15) is 12.0 Å². The fourth-order valence-corrected chi connectivity index (χ4v) is 3.84. The lowest BCUT2D eigenvalue weighted by Crippen LogP contribution is -2.28. The lowest BCUT2D eigenvalue weighted by Gasteiger charge is -2.18. The molecular weight excluding hydrogens is 477 g/mol. The first-order valence-corrected chi connectivity index (χ1v) is 10.1. The van der Waals surface area contributed by atoms with E-state index < -0.39 is 23.6 Å². The Morgan fingerprint density at radius 3 is 2.61 bits per heavy atom. The predicted molar refractivity (Wildman–Crippen MR) is 112 cm³/mol. The van der Waals surface area contributed by atoms with Gasteiger partial charge in [0.1, 0.15) is 0 Å². The van der Waals surface area contributed by atoms with Gasteiger partial charge in [0, 0.05) is 35.5 Å². The Bertz CT molecular complexity index is 1130. The van der Waals surface area contributed by atoms with Crippen LogP contribution in [0.3, 0.4) is 0 Å². The lowest BCUT2D eigenvalue weighted by atomic mass is 10.1. The van der Waals surface area contributed by atoms with Crippen molar-refractivity contribution in [1.29, 1.82) is 0 Å². The largest absolute Gasteiger partial charge is 0.418 e. The van der Waals surface area contributed by atoms with Crippen LogP contribution in [-0.2, 0) is 15.8 Å². The van der Waals surface area contributed by atoms with Gasteiger partial charge in [-0.15, -0.1) is 0 Å². The van der Waals surface area contributed by atoms with Crippen LogP contribution in [0.2, 0.25) is 0 Å². The molecule has 1 saturated heterocycles. The summed E-state index contributed by atoms with van der Waals surface area (Å²) in [4.78, 5) is 26.6. The van der Waals surface area contributed by atoms with Crippen LogP contribution in [0.4, 0.5) is 24.5 Å². The molecule has 0 spiro atoms. The topological polar surface area (TPSA) is 67.2 Å². The van der Waals surface area contributed by atoms with Gasteiger partial charge in [0.2, 0.25) is 11.8 Å². The molecule has 1 fully saturated rings. The number of carbonyl (C=O) groups is 2. The van der Waals surface area contributed by atoms with E-state index in [0.29, 0.717) is 5.69 Å². The number of rotatable bonds is 4. The Morgan fingerprint density at radius 2 is 1.94 bits per heavy atom. The Hall–Kier alpha value is -3.14. The first kappa shape index (κ1) is 21.1. The molecule has 1 aromatic heterocycles. The first-order valence-electron chi connectivity index (χ1n) is 9.30. The van der Waals surface area contributed by atoms with E-state index in [9.17, 15) is 22.8 Å². The van der Waals surface area contributed by atoms with Crippen molar-refractivity contribution in [2.75, 3.05) is 16.8 Å². The second kappa shape index (κ2) is 8.18. The summed E-state index contributed by atoms with van der Waals surface area (Å²) in [5.74, 6) is -1.66. The third kappa shape index (κ3) is 4.48. The molecule has 160 valence electrons. The van der Waals surface area contributed by atoms with Crippen molar-refractivity contribution >= 4 is 39.1 Å². The van der Waals surface area contributed by atoms with Gasteiger partial charge in [-0.25, -0.2) is 4.68 Å². The number of halogens is 4. The molecule has 2 aromatic carbocycles. The summed E-state index contributed by atoms with van der Waals surface area (Å²) in [6, 6.07) is 12.2. The monoisotopic (exact) mass is 492 g/mol. The van der Waals surface area contributed by atoms with E-state index in [1.807, 2.05) is 0 Å². The molecule has 1 aliphatic rings. The normalized spacial score (nSPS) is 16.6. The fourth-order valence-electron chi connectivity index (χ4n) is 3.45. The van der Waals surface area contributed by atoms with Crippen molar-refractivity contribution in [2.24, 2.45) is 5.92 Å². The summed E-state index contributed by atoms with van der Waals surface area (Å²) in [7, 11) is 0. The molecule has 1 N–H and O–H groups in total. The van der Waals surface area contributed by atoms with E-state index in [2.05, 4.69) is 26.3 Å². The third-order valence-electron chi connectivity index (χ3n) is 4.95. The number of hydrogen-bond acceptors (Lipinski definition) is 3. The van der Waals surface area contributed by atoms with Gasteiger partial charge in [-0.3, -0.25) is 9.59 Å². The molecule has 1 unspecified atom stereocenters. The zero-order chi connectivity index (χ0) is 22.2. The number of benzene rings is 2. The summed E-state index contributed by atoms with van der Waals surface area (Å²) >= 11 is 3.33. The molecule has 10 heteroatoms.